The van der Waals surface area contributed by atoms with Gasteiger partial charge in [0.2, 0.25) is 0 Å². The Morgan fingerprint density at radius 3 is 1.64 bits per heavy atom. The summed E-state index contributed by atoms with van der Waals surface area (Å²) in [6.07, 6.45) is 26.3. The fourth-order valence-corrected chi connectivity index (χ4v) is 2.19. The van der Waals surface area contributed by atoms with Crippen LogP contribution in [0.1, 0.15) is 84.0 Å². The summed E-state index contributed by atoms with van der Waals surface area (Å²) >= 11 is 0. The molecule has 0 aliphatic rings. The minimum atomic E-state index is -0.688. The molecule has 0 unspecified atom stereocenters. The second-order valence-electron chi connectivity index (χ2n) is 5.68. The zero-order valence-corrected chi connectivity index (χ0v) is 14.3. The van der Waals surface area contributed by atoms with Gasteiger partial charge in [0.05, 0.1) is 0 Å². The van der Waals surface area contributed by atoms with Crippen molar-refractivity contribution in [2.24, 2.45) is 0 Å². The first-order valence-electron chi connectivity index (χ1n) is 8.94. The van der Waals surface area contributed by atoms with Gasteiger partial charge >= 0.3 is 5.97 Å². The van der Waals surface area contributed by atoms with Crippen LogP contribution in [0.2, 0.25) is 0 Å². The number of aliphatic carboxylic acids is 1. The Hall–Kier alpha value is -1.31. The standard InChI is InChI=1S/C20H34O2/c1-2-3-4-5-6-7-8-9-10-11-12-13-14-15-16-17-18-19-20(21)22/h3-4,10-11,14-15H,2,5-9,12-13,16-19H2,1H3,(H,21,22). The molecule has 0 rings (SSSR count). The topological polar surface area (TPSA) is 37.3 Å². The van der Waals surface area contributed by atoms with E-state index in [1.807, 2.05) is 0 Å². The van der Waals surface area contributed by atoms with Gasteiger partial charge in [-0.1, -0.05) is 49.8 Å². The van der Waals surface area contributed by atoms with Gasteiger partial charge in [-0.05, 0) is 64.2 Å². The summed E-state index contributed by atoms with van der Waals surface area (Å²) in [5.41, 5.74) is 0. The average Bonchev–Trinajstić information content (AvgIpc) is 2.50. The lowest BCUT2D eigenvalue weighted by molar-refractivity contribution is -0.137. The lowest BCUT2D eigenvalue weighted by atomic mass is 10.1. The predicted molar refractivity (Wildman–Crippen MR) is 96.1 cm³/mol. The minimum Gasteiger partial charge on any atom is -0.481 e. The summed E-state index contributed by atoms with van der Waals surface area (Å²) in [6.45, 7) is 2.18. The number of hydrogen-bond acceptors (Lipinski definition) is 1. The molecule has 126 valence electrons. The molecule has 0 aliphatic heterocycles. The molecule has 0 saturated heterocycles. The van der Waals surface area contributed by atoms with Gasteiger partial charge in [-0.25, -0.2) is 0 Å². The number of hydrogen-bond donors (Lipinski definition) is 1. The van der Waals surface area contributed by atoms with Crippen molar-refractivity contribution in [1.82, 2.24) is 0 Å². The second-order valence-corrected chi connectivity index (χ2v) is 5.68. The molecule has 22 heavy (non-hydrogen) atoms. The van der Waals surface area contributed by atoms with Crippen molar-refractivity contribution in [3.8, 4) is 0 Å². The third kappa shape index (κ3) is 18.7. The van der Waals surface area contributed by atoms with Crippen molar-refractivity contribution in [1.29, 1.82) is 0 Å². The largest absolute Gasteiger partial charge is 0.481 e. The molecule has 0 radical (unpaired) electrons. The van der Waals surface area contributed by atoms with Gasteiger partial charge in [0.25, 0.3) is 0 Å². The van der Waals surface area contributed by atoms with E-state index >= 15 is 0 Å². The Morgan fingerprint density at radius 2 is 1.14 bits per heavy atom. The molecule has 0 spiro atoms. The Morgan fingerprint density at radius 1 is 0.682 bits per heavy atom. The van der Waals surface area contributed by atoms with Crippen LogP contribution >= 0.6 is 0 Å². The van der Waals surface area contributed by atoms with Crippen molar-refractivity contribution in [3.05, 3.63) is 36.5 Å². The van der Waals surface area contributed by atoms with Crippen LogP contribution in [0.3, 0.4) is 0 Å². The number of unbranched alkanes of at least 4 members (excludes halogenated alkanes) is 7. The lowest BCUT2D eigenvalue weighted by Crippen LogP contribution is -1.92. The van der Waals surface area contributed by atoms with Crippen LogP contribution in [0.5, 0.6) is 0 Å². The number of carboxylic acids is 1. The summed E-state index contributed by atoms with van der Waals surface area (Å²) in [5, 5.41) is 8.51. The van der Waals surface area contributed by atoms with Crippen molar-refractivity contribution >= 4 is 5.97 Å². The molecule has 0 aromatic rings. The van der Waals surface area contributed by atoms with E-state index in [4.69, 9.17) is 5.11 Å². The van der Waals surface area contributed by atoms with Gasteiger partial charge in [-0.3, -0.25) is 4.79 Å². The van der Waals surface area contributed by atoms with E-state index in [-0.39, 0.29) is 0 Å². The van der Waals surface area contributed by atoms with Gasteiger partial charge in [0.15, 0.2) is 0 Å². The highest BCUT2D eigenvalue weighted by molar-refractivity contribution is 5.66. The smallest absolute Gasteiger partial charge is 0.303 e. The molecule has 0 aromatic carbocycles. The van der Waals surface area contributed by atoms with Crippen LogP contribution in [-0.2, 0) is 4.79 Å². The van der Waals surface area contributed by atoms with Crippen molar-refractivity contribution < 1.29 is 9.90 Å². The van der Waals surface area contributed by atoms with Crippen LogP contribution < -0.4 is 0 Å². The van der Waals surface area contributed by atoms with Crippen molar-refractivity contribution in [2.45, 2.75) is 84.0 Å². The van der Waals surface area contributed by atoms with Gasteiger partial charge in [0, 0.05) is 6.42 Å². The fourth-order valence-electron chi connectivity index (χ4n) is 2.19. The Labute approximate surface area is 137 Å². The molecule has 0 heterocycles. The molecule has 1 N–H and O–H groups in total. The van der Waals surface area contributed by atoms with E-state index in [0.29, 0.717) is 6.42 Å². The zero-order chi connectivity index (χ0) is 16.3. The summed E-state index contributed by atoms with van der Waals surface area (Å²) < 4.78 is 0. The Bertz CT molecular complexity index is 327. The Kier molecular flexibility index (Phi) is 16.7. The molecule has 0 atom stereocenters. The molecule has 0 bridgehead atoms. The fraction of sp³-hybridized carbons (Fsp3) is 0.650. The van der Waals surface area contributed by atoms with Crippen LogP contribution in [0.25, 0.3) is 0 Å². The monoisotopic (exact) mass is 306 g/mol. The highest BCUT2D eigenvalue weighted by Gasteiger charge is 1.94. The maximum atomic E-state index is 10.3. The van der Waals surface area contributed by atoms with Crippen LogP contribution in [-0.4, -0.2) is 11.1 Å². The summed E-state index contributed by atoms with van der Waals surface area (Å²) in [5.74, 6) is -0.688. The van der Waals surface area contributed by atoms with E-state index in [2.05, 4.69) is 43.4 Å². The van der Waals surface area contributed by atoms with E-state index in [9.17, 15) is 4.79 Å². The van der Waals surface area contributed by atoms with Gasteiger partial charge in [0.1, 0.15) is 0 Å². The van der Waals surface area contributed by atoms with Crippen molar-refractivity contribution in [3.63, 3.8) is 0 Å². The number of carbonyl (C=O) groups is 1. The van der Waals surface area contributed by atoms with E-state index in [0.717, 1.165) is 38.5 Å². The molecular weight excluding hydrogens is 272 g/mol. The molecule has 2 heteroatoms. The molecule has 0 amide bonds. The first-order chi connectivity index (χ1) is 10.8. The van der Waals surface area contributed by atoms with Gasteiger partial charge in [-0.2, -0.15) is 0 Å². The molecular formula is C20H34O2. The molecule has 0 aromatic heterocycles. The summed E-state index contributed by atoms with van der Waals surface area (Å²) in [6, 6.07) is 0. The van der Waals surface area contributed by atoms with Crippen LogP contribution in [0, 0.1) is 0 Å². The summed E-state index contributed by atoms with van der Waals surface area (Å²) in [7, 11) is 0. The third-order valence-electron chi connectivity index (χ3n) is 3.49. The van der Waals surface area contributed by atoms with Crippen LogP contribution in [0.4, 0.5) is 0 Å². The number of allylic oxidation sites excluding steroid dienone is 6. The maximum absolute atomic E-state index is 10.3. The van der Waals surface area contributed by atoms with Gasteiger partial charge < -0.3 is 5.11 Å². The SMILES string of the molecule is CCC=CCCCCCC=CCCC=CCCCCC(=O)O. The Balaban J connectivity index is 3.23. The lowest BCUT2D eigenvalue weighted by Gasteiger charge is -1.95. The third-order valence-corrected chi connectivity index (χ3v) is 3.49. The van der Waals surface area contributed by atoms with Gasteiger partial charge in [-0.15, -0.1) is 0 Å². The highest BCUT2D eigenvalue weighted by Crippen LogP contribution is 2.06. The quantitative estimate of drug-likeness (QED) is 0.279. The number of rotatable bonds is 15. The highest BCUT2D eigenvalue weighted by atomic mass is 16.4. The predicted octanol–water partition coefficient (Wildman–Crippen LogP) is 6.44. The molecule has 2 nitrogen and oxygen atoms in total. The second kappa shape index (κ2) is 17.7. The van der Waals surface area contributed by atoms with E-state index in [1.165, 1.54) is 32.1 Å². The van der Waals surface area contributed by atoms with E-state index in [1.54, 1.807) is 0 Å². The van der Waals surface area contributed by atoms with Crippen molar-refractivity contribution in [2.75, 3.05) is 0 Å². The number of carboxylic acid groups (broad SMARTS) is 1. The molecule has 0 fully saturated rings. The molecule has 0 aliphatic carbocycles. The first-order valence-corrected chi connectivity index (χ1v) is 8.94. The zero-order valence-electron chi connectivity index (χ0n) is 14.3. The normalized spacial score (nSPS) is 12.0. The minimum absolute atomic E-state index is 0.297. The summed E-state index contributed by atoms with van der Waals surface area (Å²) in [4.78, 5) is 10.3. The average molecular weight is 306 g/mol. The molecule has 0 saturated carbocycles. The first kappa shape index (κ1) is 20.7. The van der Waals surface area contributed by atoms with Crippen LogP contribution in [0.15, 0.2) is 36.5 Å². The van der Waals surface area contributed by atoms with E-state index < -0.39 is 5.97 Å². The maximum Gasteiger partial charge on any atom is 0.303 e.